The zero-order valence-corrected chi connectivity index (χ0v) is 14.5. The van der Waals surface area contributed by atoms with Crippen LogP contribution < -0.4 is 10.2 Å². The standard InChI is InChI=1S/C17H30N4/c1-13-14(12-19-16(2,3)4)11-18-15(20-13)21-9-7-17(5,6)8-10-21/h11,19H,7-10,12H2,1-6H3. The zero-order valence-electron chi connectivity index (χ0n) is 14.5. The van der Waals surface area contributed by atoms with Crippen LogP contribution >= 0.6 is 0 Å². The SMILES string of the molecule is Cc1nc(N2CCC(C)(C)CC2)ncc1CNC(C)(C)C. The van der Waals surface area contributed by atoms with Gasteiger partial charge in [0.15, 0.2) is 0 Å². The first-order valence-corrected chi connectivity index (χ1v) is 7.99. The second-order valence-electron chi connectivity index (χ2n) is 8.04. The van der Waals surface area contributed by atoms with Gasteiger partial charge in [0.1, 0.15) is 0 Å². The third kappa shape index (κ3) is 4.67. The van der Waals surface area contributed by atoms with E-state index in [9.17, 15) is 0 Å². The molecule has 21 heavy (non-hydrogen) atoms. The van der Waals surface area contributed by atoms with Gasteiger partial charge in [0, 0.05) is 42.6 Å². The Bertz CT molecular complexity index is 478. The third-order valence-corrected chi connectivity index (χ3v) is 4.28. The molecular formula is C17H30N4. The number of anilines is 1. The maximum atomic E-state index is 4.72. The Labute approximate surface area is 129 Å². The summed E-state index contributed by atoms with van der Waals surface area (Å²) in [5.74, 6) is 0.891. The van der Waals surface area contributed by atoms with Gasteiger partial charge in [-0.15, -0.1) is 0 Å². The Kier molecular flexibility index (Phi) is 4.57. The highest BCUT2D eigenvalue weighted by Gasteiger charge is 2.26. The highest BCUT2D eigenvalue weighted by molar-refractivity contribution is 5.33. The molecule has 1 aromatic heterocycles. The minimum Gasteiger partial charge on any atom is -0.341 e. The highest BCUT2D eigenvalue weighted by atomic mass is 15.3. The van der Waals surface area contributed by atoms with E-state index < -0.39 is 0 Å². The van der Waals surface area contributed by atoms with Crippen molar-refractivity contribution >= 4 is 5.95 Å². The molecule has 0 radical (unpaired) electrons. The lowest BCUT2D eigenvalue weighted by Gasteiger charge is -2.37. The molecule has 0 spiro atoms. The molecule has 1 fully saturated rings. The van der Waals surface area contributed by atoms with Gasteiger partial charge in [0.25, 0.3) is 0 Å². The third-order valence-electron chi connectivity index (χ3n) is 4.28. The summed E-state index contributed by atoms with van der Waals surface area (Å²) in [5, 5.41) is 3.50. The Morgan fingerprint density at radius 3 is 2.38 bits per heavy atom. The highest BCUT2D eigenvalue weighted by Crippen LogP contribution is 2.31. The normalized spacial score (nSPS) is 18.9. The van der Waals surface area contributed by atoms with E-state index in [2.05, 4.69) is 56.7 Å². The number of rotatable bonds is 3. The number of nitrogens with zero attached hydrogens (tertiary/aromatic N) is 3. The summed E-state index contributed by atoms with van der Waals surface area (Å²) < 4.78 is 0. The Morgan fingerprint density at radius 1 is 1.24 bits per heavy atom. The molecule has 1 N–H and O–H groups in total. The smallest absolute Gasteiger partial charge is 0.225 e. The minimum absolute atomic E-state index is 0.115. The van der Waals surface area contributed by atoms with Crippen molar-refractivity contribution in [1.82, 2.24) is 15.3 Å². The molecule has 118 valence electrons. The predicted molar refractivity (Wildman–Crippen MR) is 88.6 cm³/mol. The number of aromatic nitrogens is 2. The van der Waals surface area contributed by atoms with Gasteiger partial charge < -0.3 is 10.2 Å². The van der Waals surface area contributed by atoms with Crippen LogP contribution in [0.5, 0.6) is 0 Å². The van der Waals surface area contributed by atoms with Gasteiger partial charge in [-0.05, 0) is 46.0 Å². The van der Waals surface area contributed by atoms with E-state index in [1.54, 1.807) is 0 Å². The first-order chi connectivity index (χ1) is 9.66. The van der Waals surface area contributed by atoms with Crippen LogP contribution in [0.4, 0.5) is 5.95 Å². The van der Waals surface area contributed by atoms with Gasteiger partial charge in [0.2, 0.25) is 5.95 Å². The summed E-state index contributed by atoms with van der Waals surface area (Å²) in [5.41, 5.74) is 2.85. The molecule has 1 aliphatic heterocycles. The van der Waals surface area contributed by atoms with Crippen LogP contribution in [0.3, 0.4) is 0 Å². The molecule has 2 heterocycles. The molecule has 4 nitrogen and oxygen atoms in total. The van der Waals surface area contributed by atoms with Crippen LogP contribution in [-0.2, 0) is 6.54 Å². The second-order valence-corrected chi connectivity index (χ2v) is 8.04. The van der Waals surface area contributed by atoms with Gasteiger partial charge in [-0.25, -0.2) is 9.97 Å². The Hall–Kier alpha value is -1.16. The molecule has 0 aliphatic carbocycles. The van der Waals surface area contributed by atoms with Crippen molar-refractivity contribution in [2.75, 3.05) is 18.0 Å². The topological polar surface area (TPSA) is 41.1 Å². The molecule has 1 aromatic rings. The van der Waals surface area contributed by atoms with Gasteiger partial charge in [-0.2, -0.15) is 0 Å². The van der Waals surface area contributed by atoms with E-state index in [0.717, 1.165) is 31.3 Å². The Balaban J connectivity index is 2.02. The van der Waals surface area contributed by atoms with Gasteiger partial charge in [-0.1, -0.05) is 13.8 Å². The fourth-order valence-corrected chi connectivity index (χ4v) is 2.48. The molecule has 1 aliphatic rings. The predicted octanol–water partition coefficient (Wildman–Crippen LogP) is 3.30. The minimum atomic E-state index is 0.115. The molecule has 1 saturated heterocycles. The molecular weight excluding hydrogens is 260 g/mol. The van der Waals surface area contributed by atoms with Crippen molar-refractivity contribution in [3.8, 4) is 0 Å². The summed E-state index contributed by atoms with van der Waals surface area (Å²) in [6.07, 6.45) is 4.40. The van der Waals surface area contributed by atoms with E-state index in [1.165, 1.54) is 18.4 Å². The van der Waals surface area contributed by atoms with Crippen LogP contribution in [0.25, 0.3) is 0 Å². The van der Waals surface area contributed by atoms with Crippen molar-refractivity contribution in [3.05, 3.63) is 17.5 Å². The molecule has 0 atom stereocenters. The van der Waals surface area contributed by atoms with Crippen LogP contribution in [0.15, 0.2) is 6.20 Å². The summed E-state index contributed by atoms with van der Waals surface area (Å²) in [6.45, 7) is 16.2. The lowest BCUT2D eigenvalue weighted by Crippen LogP contribution is -2.38. The lowest BCUT2D eigenvalue weighted by atomic mass is 9.83. The van der Waals surface area contributed by atoms with E-state index in [0.29, 0.717) is 5.41 Å². The number of hydrogen-bond donors (Lipinski definition) is 1. The molecule has 2 rings (SSSR count). The van der Waals surface area contributed by atoms with Crippen molar-refractivity contribution < 1.29 is 0 Å². The molecule has 0 bridgehead atoms. The van der Waals surface area contributed by atoms with Gasteiger partial charge in [-0.3, -0.25) is 0 Å². The summed E-state index contributed by atoms with van der Waals surface area (Å²) in [4.78, 5) is 11.6. The Morgan fingerprint density at radius 2 is 1.86 bits per heavy atom. The quantitative estimate of drug-likeness (QED) is 0.927. The lowest BCUT2D eigenvalue weighted by molar-refractivity contribution is 0.278. The summed E-state index contributed by atoms with van der Waals surface area (Å²) in [6, 6.07) is 0. The number of aryl methyl sites for hydroxylation is 1. The number of nitrogens with one attached hydrogen (secondary N) is 1. The molecule has 4 heteroatoms. The fraction of sp³-hybridized carbons (Fsp3) is 0.765. The molecule has 0 amide bonds. The molecule has 0 unspecified atom stereocenters. The number of piperidine rings is 1. The van der Waals surface area contributed by atoms with Crippen molar-refractivity contribution in [1.29, 1.82) is 0 Å². The van der Waals surface area contributed by atoms with E-state index in [1.807, 2.05) is 6.20 Å². The van der Waals surface area contributed by atoms with Crippen LogP contribution in [0.2, 0.25) is 0 Å². The molecule has 0 saturated carbocycles. The maximum Gasteiger partial charge on any atom is 0.225 e. The average Bonchev–Trinajstić information content (AvgIpc) is 2.36. The molecule has 0 aromatic carbocycles. The number of hydrogen-bond acceptors (Lipinski definition) is 4. The zero-order chi connectivity index (χ0) is 15.7. The first-order valence-electron chi connectivity index (χ1n) is 7.99. The van der Waals surface area contributed by atoms with Crippen LogP contribution in [0, 0.1) is 12.3 Å². The largest absolute Gasteiger partial charge is 0.341 e. The average molecular weight is 290 g/mol. The summed E-state index contributed by atoms with van der Waals surface area (Å²) in [7, 11) is 0. The van der Waals surface area contributed by atoms with Crippen LogP contribution in [-0.4, -0.2) is 28.6 Å². The van der Waals surface area contributed by atoms with Crippen molar-refractivity contribution in [2.24, 2.45) is 5.41 Å². The maximum absolute atomic E-state index is 4.72. The van der Waals surface area contributed by atoms with E-state index >= 15 is 0 Å². The van der Waals surface area contributed by atoms with Gasteiger partial charge >= 0.3 is 0 Å². The second kappa shape index (κ2) is 5.91. The monoisotopic (exact) mass is 290 g/mol. The van der Waals surface area contributed by atoms with E-state index in [4.69, 9.17) is 4.98 Å². The fourth-order valence-electron chi connectivity index (χ4n) is 2.48. The first kappa shape index (κ1) is 16.2. The van der Waals surface area contributed by atoms with Crippen LogP contribution in [0.1, 0.15) is 58.7 Å². The van der Waals surface area contributed by atoms with E-state index in [-0.39, 0.29) is 5.54 Å². The summed E-state index contributed by atoms with van der Waals surface area (Å²) >= 11 is 0. The van der Waals surface area contributed by atoms with Crippen molar-refractivity contribution in [2.45, 2.75) is 66.5 Å². The van der Waals surface area contributed by atoms with Gasteiger partial charge in [0.05, 0.1) is 0 Å². The van der Waals surface area contributed by atoms with Crippen molar-refractivity contribution in [3.63, 3.8) is 0 Å².